The molecule has 4 nitrogen and oxygen atoms in total. The maximum Gasteiger partial charge on any atom is 0.344 e. The Kier molecular flexibility index (Phi) is 4.42. The summed E-state index contributed by atoms with van der Waals surface area (Å²) in [6, 6.07) is 34.7. The molecule has 0 bridgehead atoms. The summed E-state index contributed by atoms with van der Waals surface area (Å²) in [5.41, 5.74) is 2.47. The molecule has 0 unspecified atom stereocenters. The Labute approximate surface area is 204 Å². The maximum absolute atomic E-state index is 13.0. The summed E-state index contributed by atoms with van der Waals surface area (Å²) in [5, 5.41) is 5.89. The van der Waals surface area contributed by atoms with Gasteiger partial charge in [-0.25, -0.2) is 9.59 Å². The second-order valence-corrected chi connectivity index (χ2v) is 8.87. The van der Waals surface area contributed by atoms with E-state index in [2.05, 4.69) is 0 Å². The van der Waals surface area contributed by atoms with Gasteiger partial charge in [-0.3, -0.25) is 0 Å². The van der Waals surface area contributed by atoms with Gasteiger partial charge in [0.1, 0.15) is 11.2 Å². The molecule has 0 atom stereocenters. The summed E-state index contributed by atoms with van der Waals surface area (Å²) in [6.45, 7) is 0. The molecule has 0 spiro atoms. The van der Waals surface area contributed by atoms with Crippen LogP contribution in [-0.2, 0) is 0 Å². The molecule has 0 aliphatic rings. The van der Waals surface area contributed by atoms with Gasteiger partial charge in [0.25, 0.3) is 0 Å². The average molecular weight is 466 g/mol. The van der Waals surface area contributed by atoms with Crippen LogP contribution in [0.2, 0.25) is 0 Å². The van der Waals surface area contributed by atoms with E-state index >= 15 is 0 Å². The quantitative estimate of drug-likeness (QED) is 0.195. The van der Waals surface area contributed by atoms with Gasteiger partial charge in [0.2, 0.25) is 0 Å². The highest BCUT2D eigenvalue weighted by Crippen LogP contribution is 2.31. The van der Waals surface area contributed by atoms with Crippen molar-refractivity contribution in [3.63, 3.8) is 0 Å². The minimum absolute atomic E-state index is 0.425. The van der Waals surface area contributed by atoms with Crippen molar-refractivity contribution >= 4 is 43.5 Å². The molecular formula is C32H18O4. The summed E-state index contributed by atoms with van der Waals surface area (Å²) >= 11 is 0. The molecule has 7 aromatic rings. The zero-order valence-electron chi connectivity index (χ0n) is 19.0. The molecule has 0 saturated carbocycles. The van der Waals surface area contributed by atoms with Gasteiger partial charge in [0.15, 0.2) is 0 Å². The van der Waals surface area contributed by atoms with Gasteiger partial charge in [-0.05, 0) is 63.0 Å². The molecule has 0 amide bonds. The Morgan fingerprint density at radius 3 is 1.39 bits per heavy atom. The summed E-state index contributed by atoms with van der Waals surface area (Å²) in [6.07, 6.45) is 0. The summed E-state index contributed by atoms with van der Waals surface area (Å²) in [7, 11) is 0. The van der Waals surface area contributed by atoms with E-state index in [4.69, 9.17) is 8.83 Å². The van der Waals surface area contributed by atoms with Gasteiger partial charge in [-0.1, -0.05) is 78.9 Å². The first-order valence-electron chi connectivity index (χ1n) is 11.7. The minimum atomic E-state index is -0.425. The molecule has 0 radical (unpaired) electrons. The van der Waals surface area contributed by atoms with Crippen molar-refractivity contribution < 1.29 is 8.83 Å². The molecule has 0 aliphatic heterocycles. The smallest absolute Gasteiger partial charge is 0.344 e. The van der Waals surface area contributed by atoms with Crippen molar-refractivity contribution in [1.82, 2.24) is 0 Å². The van der Waals surface area contributed by atoms with Crippen molar-refractivity contribution in [3.05, 3.63) is 130 Å². The zero-order valence-corrected chi connectivity index (χ0v) is 19.0. The summed E-state index contributed by atoms with van der Waals surface area (Å²) in [4.78, 5) is 25.9. The van der Waals surface area contributed by atoms with Crippen LogP contribution in [0.3, 0.4) is 0 Å². The molecule has 2 heterocycles. The predicted molar refractivity (Wildman–Crippen MR) is 144 cm³/mol. The fourth-order valence-electron chi connectivity index (χ4n) is 5.00. The third-order valence-corrected chi connectivity index (χ3v) is 6.77. The van der Waals surface area contributed by atoms with Crippen LogP contribution in [0, 0.1) is 0 Å². The van der Waals surface area contributed by atoms with Crippen LogP contribution in [-0.4, -0.2) is 0 Å². The van der Waals surface area contributed by atoms with Crippen molar-refractivity contribution in [2.45, 2.75) is 0 Å². The van der Waals surface area contributed by atoms with Crippen molar-refractivity contribution in [1.29, 1.82) is 0 Å². The average Bonchev–Trinajstić information content (AvgIpc) is 2.92. The van der Waals surface area contributed by atoms with Gasteiger partial charge in [0.05, 0.1) is 11.1 Å². The highest BCUT2D eigenvalue weighted by Gasteiger charge is 2.14. The van der Waals surface area contributed by atoms with E-state index in [0.717, 1.165) is 32.3 Å². The summed E-state index contributed by atoms with van der Waals surface area (Å²) < 4.78 is 11.4. The monoisotopic (exact) mass is 466 g/mol. The first-order chi connectivity index (χ1) is 17.7. The number of hydrogen-bond acceptors (Lipinski definition) is 4. The first kappa shape index (κ1) is 20.4. The van der Waals surface area contributed by atoms with Crippen LogP contribution < -0.4 is 11.3 Å². The van der Waals surface area contributed by atoms with Gasteiger partial charge >= 0.3 is 11.3 Å². The Morgan fingerprint density at radius 2 is 0.889 bits per heavy atom. The first-order valence-corrected chi connectivity index (χ1v) is 11.7. The van der Waals surface area contributed by atoms with E-state index in [1.807, 2.05) is 109 Å². The third-order valence-electron chi connectivity index (χ3n) is 6.77. The van der Waals surface area contributed by atoms with Crippen LogP contribution in [0.1, 0.15) is 0 Å². The van der Waals surface area contributed by atoms with E-state index in [9.17, 15) is 9.59 Å². The Bertz CT molecular complexity index is 1950. The van der Waals surface area contributed by atoms with Gasteiger partial charge in [-0.2, -0.15) is 0 Å². The molecule has 36 heavy (non-hydrogen) atoms. The topological polar surface area (TPSA) is 60.4 Å². The van der Waals surface area contributed by atoms with Crippen LogP contribution in [0.15, 0.2) is 128 Å². The SMILES string of the molecule is O=c1oc2ccc3ccccc3c2cc1-c1cccc(-c2cc3c(ccc4ccccc43)oc2=O)c1. The molecule has 5 aromatic carbocycles. The van der Waals surface area contributed by atoms with Crippen molar-refractivity contribution in [2.24, 2.45) is 0 Å². The second kappa shape index (κ2) is 7.79. The van der Waals surface area contributed by atoms with Crippen molar-refractivity contribution in [2.75, 3.05) is 0 Å². The molecular weight excluding hydrogens is 448 g/mol. The second-order valence-electron chi connectivity index (χ2n) is 8.87. The fraction of sp³-hybridized carbons (Fsp3) is 0. The standard InChI is InChI=1S/C32H18O4/c33-31-25(17-27-23-10-3-1-6-19(23)12-14-29(27)35-31)21-8-5-9-22(16-21)26-18-28-24-11-4-2-7-20(24)13-15-30(28)36-32(26)34/h1-18H. The highest BCUT2D eigenvalue weighted by atomic mass is 16.4. The van der Waals surface area contributed by atoms with Crippen LogP contribution >= 0.6 is 0 Å². The zero-order chi connectivity index (χ0) is 24.2. The minimum Gasteiger partial charge on any atom is -0.422 e. The molecule has 0 fully saturated rings. The van der Waals surface area contributed by atoms with Gasteiger partial charge in [0, 0.05) is 10.8 Å². The molecule has 170 valence electrons. The van der Waals surface area contributed by atoms with E-state index in [1.165, 1.54) is 0 Å². The lowest BCUT2D eigenvalue weighted by Gasteiger charge is -2.08. The van der Waals surface area contributed by atoms with Gasteiger partial charge in [-0.15, -0.1) is 0 Å². The Balaban J connectivity index is 1.44. The van der Waals surface area contributed by atoms with E-state index < -0.39 is 11.3 Å². The highest BCUT2D eigenvalue weighted by molar-refractivity contribution is 6.07. The molecule has 7 rings (SSSR count). The fourth-order valence-corrected chi connectivity index (χ4v) is 5.00. The lowest BCUT2D eigenvalue weighted by Crippen LogP contribution is -2.05. The lowest BCUT2D eigenvalue weighted by atomic mass is 9.97. The lowest BCUT2D eigenvalue weighted by molar-refractivity contribution is 0.564. The van der Waals surface area contributed by atoms with Crippen LogP contribution in [0.4, 0.5) is 0 Å². The molecule has 0 aliphatic carbocycles. The summed E-state index contributed by atoms with van der Waals surface area (Å²) in [5.74, 6) is 0. The Hall–Kier alpha value is -4.96. The maximum atomic E-state index is 13.0. The normalized spacial score (nSPS) is 11.6. The van der Waals surface area contributed by atoms with Crippen LogP contribution in [0.5, 0.6) is 0 Å². The van der Waals surface area contributed by atoms with Crippen LogP contribution in [0.25, 0.3) is 65.7 Å². The number of rotatable bonds is 2. The predicted octanol–water partition coefficient (Wildman–Crippen LogP) is 7.54. The molecule has 0 saturated heterocycles. The van der Waals surface area contributed by atoms with E-state index in [1.54, 1.807) is 0 Å². The molecule has 0 N–H and O–H groups in total. The molecule has 4 heteroatoms. The third kappa shape index (κ3) is 3.16. The molecule has 2 aromatic heterocycles. The van der Waals surface area contributed by atoms with Crippen molar-refractivity contribution in [3.8, 4) is 22.3 Å². The van der Waals surface area contributed by atoms with Gasteiger partial charge < -0.3 is 8.83 Å². The Morgan fingerprint density at radius 1 is 0.417 bits per heavy atom. The number of fused-ring (bicyclic) bond motifs is 6. The van der Waals surface area contributed by atoms with E-state index in [-0.39, 0.29) is 0 Å². The van der Waals surface area contributed by atoms with E-state index in [0.29, 0.717) is 33.4 Å². The largest absolute Gasteiger partial charge is 0.422 e. The number of hydrogen-bond donors (Lipinski definition) is 0. The number of benzene rings is 5.